The highest BCUT2D eigenvalue weighted by molar-refractivity contribution is 5.83. The molecule has 836 valence electrons. The molecule has 8 unspecified atom stereocenters. The van der Waals surface area contributed by atoms with Gasteiger partial charge < -0.3 is 152 Å². The van der Waals surface area contributed by atoms with Crippen LogP contribution >= 0.6 is 0 Å². The number of unbranched alkanes of at least 4 members (excludes halogenated alkanes) is 25. The van der Waals surface area contributed by atoms with Crippen molar-refractivity contribution in [2.75, 3.05) is 217 Å². The van der Waals surface area contributed by atoms with Crippen molar-refractivity contribution in [3.8, 4) is 0 Å². The molecule has 0 aromatic rings. The second-order valence-electron chi connectivity index (χ2n) is 38.3. The molecule has 143 heavy (non-hydrogen) atoms. The van der Waals surface area contributed by atoms with Crippen molar-refractivity contribution in [1.29, 1.82) is 0 Å². The second-order valence-corrected chi connectivity index (χ2v) is 38.3. The third kappa shape index (κ3) is 38.7. The lowest BCUT2D eigenvalue weighted by Crippen LogP contribution is -2.73. The average molecular weight is 2060 g/mol. The molecule has 4 heterocycles. The lowest BCUT2D eigenvalue weighted by atomic mass is 9.85. The number of rotatable bonds is 79. The van der Waals surface area contributed by atoms with Gasteiger partial charge in [-0.05, 0) is 25.2 Å². The summed E-state index contributed by atoms with van der Waals surface area (Å²) < 4.78 is 176. The van der Waals surface area contributed by atoms with Gasteiger partial charge in [0.15, 0.2) is 6.29 Å². The third-order valence-corrected chi connectivity index (χ3v) is 29.1. The highest BCUT2D eigenvalue weighted by atomic mass is 16.8. The highest BCUT2D eigenvalue weighted by Gasteiger charge is 2.66. The summed E-state index contributed by atoms with van der Waals surface area (Å²) in [5, 5.41) is 0. The molecule has 0 aromatic heterocycles. The molecule has 0 aliphatic carbocycles. The lowest BCUT2D eigenvalue weighted by Gasteiger charge is -2.55. The predicted octanol–water partition coefficient (Wildman–Crippen LogP) is 11.2. The van der Waals surface area contributed by atoms with E-state index in [0.29, 0.717) is 6.42 Å². The molecule has 27 atom stereocenters. The summed E-state index contributed by atoms with van der Waals surface area (Å²) in [5.41, 5.74) is 0. The summed E-state index contributed by atoms with van der Waals surface area (Å²) in [6, 6.07) is -4.69. The summed E-state index contributed by atoms with van der Waals surface area (Å²) in [6.07, 6.45) is 14.6. The number of likely N-dealkylation sites (N-methyl/N-ethyl adjacent to an activating group) is 4. The molecule has 4 amide bonds. The first kappa shape index (κ1) is 130. The molecule has 0 radical (unpaired) electrons. The Balaban J connectivity index is 1.88. The molecule has 0 N–H and O–H groups in total. The van der Waals surface area contributed by atoms with Crippen LogP contribution < -0.4 is 0 Å². The van der Waals surface area contributed by atoms with E-state index in [-0.39, 0.29) is 38.9 Å². The minimum absolute atomic E-state index is 0.0609. The number of esters is 3. The van der Waals surface area contributed by atoms with Gasteiger partial charge in [-0.25, -0.2) is 14.4 Å². The zero-order chi connectivity index (χ0) is 106. The van der Waals surface area contributed by atoms with Gasteiger partial charge in [-0.3, -0.25) is 19.2 Å². The van der Waals surface area contributed by atoms with Crippen molar-refractivity contribution in [3.05, 3.63) is 12.2 Å². The second kappa shape index (κ2) is 71.7. The molecular weight excluding hydrogens is 1870 g/mol. The molecule has 0 aromatic carbocycles. The van der Waals surface area contributed by atoms with Crippen molar-refractivity contribution in [2.24, 2.45) is 5.92 Å². The number of carbonyl (C=O) groups excluding carboxylic acids is 7. The van der Waals surface area contributed by atoms with Gasteiger partial charge in [0.1, 0.15) is 98.7 Å². The first-order chi connectivity index (χ1) is 68.9. The van der Waals surface area contributed by atoms with E-state index in [4.69, 9.17) is 133 Å². The van der Waals surface area contributed by atoms with Crippen molar-refractivity contribution in [1.82, 2.24) is 19.6 Å². The maximum absolute atomic E-state index is 15.8. The fourth-order valence-corrected chi connectivity index (χ4v) is 20.4. The molecule has 0 spiro atoms. The van der Waals surface area contributed by atoms with E-state index in [1.54, 1.807) is 26.2 Å². The predicted molar refractivity (Wildman–Crippen MR) is 532 cm³/mol. The summed E-state index contributed by atoms with van der Waals surface area (Å²) in [5.74, 6) is -12.9. The fourth-order valence-electron chi connectivity index (χ4n) is 20.4. The van der Waals surface area contributed by atoms with Crippen molar-refractivity contribution < 1.29 is 166 Å². The van der Waals surface area contributed by atoms with Crippen molar-refractivity contribution >= 4 is 41.5 Å². The molecule has 39 heteroatoms. The average Bonchev–Trinajstić information content (AvgIpc) is 0.727. The van der Waals surface area contributed by atoms with Crippen LogP contribution in [0.25, 0.3) is 0 Å². The van der Waals surface area contributed by atoms with E-state index in [1.165, 1.54) is 284 Å². The molecule has 4 aliphatic heterocycles. The monoisotopic (exact) mass is 2060 g/mol. The molecular formula is C104H190N4O35. The van der Waals surface area contributed by atoms with Crippen LogP contribution in [0, 0.1) is 5.92 Å². The molecule has 0 saturated carbocycles. The molecule has 4 aliphatic rings. The van der Waals surface area contributed by atoms with Gasteiger partial charge in [0.25, 0.3) is 23.3 Å². The Bertz CT molecular complexity index is 3480. The van der Waals surface area contributed by atoms with Crippen molar-refractivity contribution in [3.63, 3.8) is 0 Å². The number of ether oxygens (including phenoxy) is 28. The number of amides is 4. The van der Waals surface area contributed by atoms with E-state index in [1.807, 2.05) is 6.08 Å². The van der Waals surface area contributed by atoms with Gasteiger partial charge in [-0.1, -0.05) is 206 Å². The number of allylic oxidation sites excluding steroid dienone is 1. The molecule has 4 fully saturated rings. The Morgan fingerprint density at radius 2 is 0.790 bits per heavy atom. The zero-order valence-corrected chi connectivity index (χ0v) is 92.4. The highest BCUT2D eigenvalue weighted by Crippen LogP contribution is 2.47. The van der Waals surface area contributed by atoms with Gasteiger partial charge in [0, 0.05) is 175 Å². The quantitative estimate of drug-likeness (QED) is 0.0236. The number of carbonyl (C=O) groups is 7. The summed E-state index contributed by atoms with van der Waals surface area (Å²) in [7, 11) is 33.4. The first-order valence-corrected chi connectivity index (χ1v) is 51.9. The van der Waals surface area contributed by atoms with Gasteiger partial charge in [0.05, 0.1) is 103 Å². The zero-order valence-electron chi connectivity index (χ0n) is 92.4. The molecule has 39 nitrogen and oxygen atoms in total. The van der Waals surface area contributed by atoms with E-state index in [2.05, 4.69) is 26.8 Å². The Morgan fingerprint density at radius 1 is 0.399 bits per heavy atom. The third-order valence-electron chi connectivity index (χ3n) is 29.1. The molecule has 4 rings (SSSR count). The smallest absolute Gasteiger partial charge is 0.366 e. The number of methoxy groups -OCH3 is 20. The maximum atomic E-state index is 15.8. The molecule has 0 bridgehead atoms. The van der Waals surface area contributed by atoms with E-state index in [0.717, 1.165) is 78.6 Å². The van der Waals surface area contributed by atoms with Gasteiger partial charge >= 0.3 is 17.9 Å². The number of hydrogen-bond acceptors (Lipinski definition) is 35. The lowest BCUT2D eigenvalue weighted by molar-refractivity contribution is -0.375. The van der Waals surface area contributed by atoms with E-state index < -0.39 is 226 Å². The van der Waals surface area contributed by atoms with Crippen LogP contribution in [0.3, 0.4) is 0 Å². The minimum atomic E-state index is -2.77. The Morgan fingerprint density at radius 3 is 1.17 bits per heavy atom. The van der Waals surface area contributed by atoms with Gasteiger partial charge in [-0.2, -0.15) is 0 Å². The number of hydrogen-bond donors (Lipinski definition) is 0. The molecule has 4 saturated heterocycles. The largest absolute Gasteiger partial charge is 0.465 e. The Kier molecular flexibility index (Phi) is 65.4. The van der Waals surface area contributed by atoms with Crippen LogP contribution in [0.15, 0.2) is 12.2 Å². The van der Waals surface area contributed by atoms with Gasteiger partial charge in [-0.15, -0.1) is 0 Å². The Labute approximate surface area is 855 Å². The number of nitrogens with zero attached hydrogens (tertiary/aromatic N) is 4. The van der Waals surface area contributed by atoms with E-state index >= 15 is 19.2 Å². The standard InChI is InChI=1S/C104H190N4O35/c1-29-31-32-33-34-35-36-37-38-39-40-41-42-43-44-45-46-51-54-57-60-75(121-14)97(112)106(6)73(74(120-13)59-56-53-50-48-47-49-52-55-58-71(3)30-2)64-136-98-96(132-25)95(131-24)91(130-23)82(139-98)68-137-103(100(114)134-27)63-78(87(105(5)72(4)109)94(142-103)90(129-22)81(126-19)67-118-11)140-104(101(115)135-28)62-77(123-16)86(93(143-104)89(128-21)80(125-18)66-117-10)108(8)84(111)70-138-102(99(113)133-26)61-76(122-15)85(107(7)83(110)69-119-12)92(141-102)88(127-20)79(124-17)65-116-9/h56,59,71,73-82,85-96,98H,29-55,57-58,60-70H2,1-28H3/b59-56+/t71?,73?,74?,75?,76-,77-,78-,79+,80+,81+,82+,85+,86+,87+,88+,89+,90+,91+,92+,93+,94+,95-,96+,98?,102?,103?,104?/m0/s1. The van der Waals surface area contributed by atoms with Crippen LogP contribution in [0.1, 0.15) is 240 Å². The topological polar surface area (TPSA) is 391 Å². The Hall–Kier alpha value is -4.97. The first-order valence-electron chi connectivity index (χ1n) is 51.9. The minimum Gasteiger partial charge on any atom is -0.465 e. The van der Waals surface area contributed by atoms with Crippen LogP contribution in [-0.2, 0) is 166 Å². The SMILES string of the molecule is CCCCCCCCCCCCCCCCCCCCCCC(OC)C(=O)N(C)C(COC1O[C@H](COC2(C(=O)OC)C[C@H](OC3(C(=O)OC)C[C@H](OC)[C@@H](N(C)C(=O)COC4(C(=O)OC)C[C@H](OC)[C@@H](N(C)C(=O)COC)[C@H]([C@H](OC)[C@@H](COC)OC)O4)[C@H]([C@H](OC)[C@@H](COC)OC)O3)[C@@H](N(C)C(C)=O)[C@H]([C@H](OC)[C@@H](COC)OC)O2)[C@@H](OC)[C@H](OC)[C@H]1OC)C(/C=C/CCCCCCCCC(C)CC)OC. The summed E-state index contributed by atoms with van der Waals surface area (Å²) >= 11 is 0. The van der Waals surface area contributed by atoms with E-state index in [9.17, 15) is 14.4 Å². The van der Waals surface area contributed by atoms with Crippen LogP contribution in [-0.4, -0.2) is 435 Å². The van der Waals surface area contributed by atoms with Crippen LogP contribution in [0.4, 0.5) is 0 Å². The summed E-state index contributed by atoms with van der Waals surface area (Å²) in [6.45, 7) is 5.53. The normalized spacial score (nSPS) is 26.9. The van der Waals surface area contributed by atoms with Crippen molar-refractivity contribution in [2.45, 2.75) is 397 Å². The van der Waals surface area contributed by atoms with Crippen LogP contribution in [0.5, 0.6) is 0 Å². The van der Waals surface area contributed by atoms with Gasteiger partial charge in [0.2, 0.25) is 17.7 Å². The maximum Gasteiger partial charge on any atom is 0.366 e. The van der Waals surface area contributed by atoms with Crippen LogP contribution in [0.2, 0.25) is 0 Å². The fraction of sp³-hybridized carbons (Fsp3) is 0.913. The summed E-state index contributed by atoms with van der Waals surface area (Å²) in [4.78, 5) is 111.